The molecule has 0 aliphatic rings. The van der Waals surface area contributed by atoms with Gasteiger partial charge in [-0.2, -0.15) is 0 Å². The van der Waals surface area contributed by atoms with Crippen molar-refractivity contribution < 1.29 is 0 Å². The molecular weight excluding hydrogens is 949 g/mol. The molecule has 0 aromatic carbocycles. The Morgan fingerprint density at radius 1 is 0.462 bits per heavy atom. The van der Waals surface area contributed by atoms with Crippen molar-refractivity contribution in [1.82, 2.24) is 0 Å². The second kappa shape index (κ2) is 7.10. The molecule has 0 aromatic heterocycles. The molecular formula is CHBr9Ge3. The van der Waals surface area contributed by atoms with Crippen molar-refractivity contribution in [1.29, 1.82) is 0 Å². The summed E-state index contributed by atoms with van der Waals surface area (Å²) < 4.78 is 0.542. The van der Waals surface area contributed by atoms with Crippen LogP contribution in [0.1, 0.15) is 0 Å². The first-order chi connectivity index (χ1) is 5.37. The van der Waals surface area contributed by atoms with E-state index in [4.69, 9.17) is 0 Å². The standard InChI is InChI=1S/CHBr9Ge3/c2-11(3,4)1(12(5,6)7)13(8,9)10/h1H. The third-order valence-electron chi connectivity index (χ3n) is 0.982. The van der Waals surface area contributed by atoms with Gasteiger partial charge in [-0.05, 0) is 0 Å². The van der Waals surface area contributed by atoms with E-state index >= 15 is 0 Å². The average molecular weight is 950 g/mol. The van der Waals surface area contributed by atoms with Crippen LogP contribution in [0.15, 0.2) is 0 Å². The Morgan fingerprint density at radius 2 is 0.615 bits per heavy atom. The summed E-state index contributed by atoms with van der Waals surface area (Å²) in [6.45, 7) is 0. The van der Waals surface area contributed by atoms with Gasteiger partial charge in [0.15, 0.2) is 0 Å². The molecule has 0 aliphatic carbocycles. The van der Waals surface area contributed by atoms with Crippen molar-refractivity contribution in [3.05, 3.63) is 0 Å². The summed E-state index contributed by atoms with van der Waals surface area (Å²) >= 11 is 33.8. The van der Waals surface area contributed by atoms with Crippen LogP contribution in [0.2, 0.25) is 2.42 Å². The molecule has 12 heteroatoms. The molecule has 0 fully saturated rings. The predicted octanol–water partition coefficient (Wildman–Crippen LogP) is 6.81. The van der Waals surface area contributed by atoms with Crippen molar-refractivity contribution in [2.24, 2.45) is 0 Å². The molecule has 0 rings (SSSR count). The number of hydrogen-bond acceptors (Lipinski definition) is 0. The fraction of sp³-hybridized carbons (Fsp3) is 1.00. The van der Waals surface area contributed by atoms with E-state index in [2.05, 4.69) is 126 Å². The van der Waals surface area contributed by atoms with Gasteiger partial charge in [0.2, 0.25) is 0 Å². The first kappa shape index (κ1) is 18.9. The SMILES string of the molecule is [Br][Ge]([Br])([Br])[CH]([Ge]([Br])([Br])[Br])[Ge]([Br])([Br])[Br]. The molecule has 0 heterocycles. The minimum absolute atomic E-state index is 0.542. The quantitative estimate of drug-likeness (QED) is 0.274. The number of halogens is 9. The summed E-state index contributed by atoms with van der Waals surface area (Å²) in [6, 6.07) is 0. The zero-order valence-electron chi connectivity index (χ0n) is 5.48. The number of rotatable bonds is 3. The summed E-state index contributed by atoms with van der Waals surface area (Å²) in [4.78, 5) is 0. The van der Waals surface area contributed by atoms with E-state index in [1.54, 1.807) is 0 Å². The van der Waals surface area contributed by atoms with Gasteiger partial charge in [0.25, 0.3) is 0 Å². The summed E-state index contributed by atoms with van der Waals surface area (Å²) in [6.07, 6.45) is 0. The second-order valence-electron chi connectivity index (χ2n) is 2.06. The van der Waals surface area contributed by atoms with E-state index in [1.807, 2.05) is 0 Å². The number of hydrogen-bond donors (Lipinski definition) is 0. The second-order valence-corrected chi connectivity index (χ2v) is 128. The van der Waals surface area contributed by atoms with Crippen LogP contribution in [0.5, 0.6) is 0 Å². The molecule has 0 aromatic rings. The monoisotopic (exact) mass is 945 g/mol. The van der Waals surface area contributed by atoms with Crippen molar-refractivity contribution in [2.75, 3.05) is 0 Å². The summed E-state index contributed by atoms with van der Waals surface area (Å²) in [7, 11) is -6.72. The Morgan fingerprint density at radius 3 is 0.615 bits per heavy atom. The average Bonchev–Trinajstić information content (AvgIpc) is 1.44. The fourth-order valence-electron chi connectivity index (χ4n) is 0.557. The molecule has 0 amide bonds. The van der Waals surface area contributed by atoms with Gasteiger partial charge < -0.3 is 0 Å². The van der Waals surface area contributed by atoms with Crippen molar-refractivity contribution in [2.45, 2.75) is 2.42 Å². The zero-order chi connectivity index (χ0) is 11.1. The summed E-state index contributed by atoms with van der Waals surface area (Å²) in [5, 5.41) is 0. The third kappa shape index (κ3) is 7.96. The Labute approximate surface area is 147 Å². The van der Waals surface area contributed by atoms with Gasteiger partial charge >= 0.3 is 152 Å². The molecule has 0 unspecified atom stereocenters. The van der Waals surface area contributed by atoms with Gasteiger partial charge in [0.05, 0.1) is 0 Å². The normalized spacial score (nSPS) is 15.2. The summed E-state index contributed by atoms with van der Waals surface area (Å²) in [5.74, 6) is 0. The molecule has 0 atom stereocenters. The summed E-state index contributed by atoms with van der Waals surface area (Å²) in [5.41, 5.74) is 0. The molecule has 0 aliphatic heterocycles. The molecule has 0 radical (unpaired) electrons. The van der Waals surface area contributed by atoms with Gasteiger partial charge in [-0.1, -0.05) is 0 Å². The van der Waals surface area contributed by atoms with Crippen LogP contribution >= 0.6 is 126 Å². The van der Waals surface area contributed by atoms with Crippen LogP contribution in [0.4, 0.5) is 0 Å². The van der Waals surface area contributed by atoms with Crippen LogP contribution in [0.3, 0.4) is 0 Å². The van der Waals surface area contributed by atoms with Gasteiger partial charge in [-0.15, -0.1) is 0 Å². The van der Waals surface area contributed by atoms with Gasteiger partial charge in [-0.25, -0.2) is 0 Å². The van der Waals surface area contributed by atoms with Crippen molar-refractivity contribution >= 4 is 149 Å². The van der Waals surface area contributed by atoms with E-state index < -0.39 is 23.2 Å². The van der Waals surface area contributed by atoms with Crippen molar-refractivity contribution in [3.8, 4) is 0 Å². The topological polar surface area (TPSA) is 0 Å². The molecule has 0 saturated heterocycles. The maximum absolute atomic E-state index is 3.75. The van der Waals surface area contributed by atoms with Crippen LogP contribution < -0.4 is 0 Å². The van der Waals surface area contributed by atoms with Crippen LogP contribution in [0.25, 0.3) is 0 Å². The van der Waals surface area contributed by atoms with Gasteiger partial charge in [-0.3, -0.25) is 0 Å². The Kier molecular flexibility index (Phi) is 10.3. The molecule has 0 saturated carbocycles. The Hall–Kier alpha value is 5.95. The van der Waals surface area contributed by atoms with Crippen LogP contribution in [-0.4, -0.2) is 23.2 Å². The third-order valence-corrected chi connectivity index (χ3v) is 138. The Bertz CT molecular complexity index is 137. The van der Waals surface area contributed by atoms with E-state index in [0.29, 0.717) is 2.42 Å². The van der Waals surface area contributed by atoms with Gasteiger partial charge in [0.1, 0.15) is 0 Å². The van der Waals surface area contributed by atoms with E-state index in [0.717, 1.165) is 0 Å². The predicted molar refractivity (Wildman–Crippen MR) is 101 cm³/mol. The molecule has 0 N–H and O–H groups in total. The maximum atomic E-state index is 3.75. The van der Waals surface area contributed by atoms with Gasteiger partial charge in [0, 0.05) is 0 Å². The fourth-order valence-corrected chi connectivity index (χ4v) is 406. The van der Waals surface area contributed by atoms with Crippen molar-refractivity contribution in [3.63, 3.8) is 0 Å². The first-order valence-corrected chi connectivity index (χ1v) is 50.4. The first-order valence-electron chi connectivity index (χ1n) is 2.57. The van der Waals surface area contributed by atoms with E-state index in [1.165, 1.54) is 0 Å². The van der Waals surface area contributed by atoms with Crippen LogP contribution in [0, 0.1) is 0 Å². The molecule has 80 valence electrons. The molecule has 0 nitrogen and oxygen atoms in total. The van der Waals surface area contributed by atoms with Crippen LogP contribution in [-0.2, 0) is 0 Å². The molecule has 0 spiro atoms. The van der Waals surface area contributed by atoms with E-state index in [-0.39, 0.29) is 0 Å². The zero-order valence-corrected chi connectivity index (χ0v) is 26.0. The minimum atomic E-state index is -2.24. The Balaban J connectivity index is 5.02. The molecule has 13 heavy (non-hydrogen) atoms. The molecule has 0 bridgehead atoms. The van der Waals surface area contributed by atoms with E-state index in [9.17, 15) is 0 Å².